The summed E-state index contributed by atoms with van der Waals surface area (Å²) in [6, 6.07) is 0.723. The molecule has 2 bridgehead atoms. The molecule has 0 aromatic heterocycles. The molecule has 0 aliphatic carbocycles. The summed E-state index contributed by atoms with van der Waals surface area (Å²) in [5, 5.41) is 2.97. The lowest BCUT2D eigenvalue weighted by Crippen LogP contribution is -2.63. The van der Waals surface area contributed by atoms with Gasteiger partial charge in [0.05, 0.1) is 24.2 Å². The maximum absolute atomic E-state index is 12.6. The predicted octanol–water partition coefficient (Wildman–Crippen LogP) is -1.39. The lowest BCUT2D eigenvalue weighted by atomic mass is 9.79. The number of carbonyl (C=O) groups is 2. The second-order valence-corrected chi connectivity index (χ2v) is 8.39. The Bertz CT molecular complexity index is 507. The number of nitrogens with one attached hydrogen (secondary N) is 1. The second-order valence-electron chi connectivity index (χ2n) is 7.98. The van der Waals surface area contributed by atoms with E-state index in [1.807, 2.05) is 4.90 Å². The zero-order valence-corrected chi connectivity index (χ0v) is 16.5. The van der Waals surface area contributed by atoms with Crippen LogP contribution in [0.4, 0.5) is 0 Å². The first-order valence-corrected chi connectivity index (χ1v) is 10.3. The fraction of sp³-hybridized carbons (Fsp3) is 0.889. The Balaban J connectivity index is 0.000000236. The van der Waals surface area contributed by atoms with Gasteiger partial charge in [-0.3, -0.25) is 4.79 Å². The lowest BCUT2D eigenvalue weighted by molar-refractivity contribution is -0.423. The Hall–Kier alpha value is -0.800. The van der Waals surface area contributed by atoms with E-state index in [4.69, 9.17) is 17.4 Å². The molecule has 4 N–H and O–H groups in total. The summed E-state index contributed by atoms with van der Waals surface area (Å²) >= 11 is 4.82. The third-order valence-corrected chi connectivity index (χ3v) is 6.38. The molecule has 0 aromatic carbocycles. The molecule has 4 heterocycles. The number of fused-ring (bicyclic) bond motifs is 2. The molecule has 4 fully saturated rings. The fourth-order valence-corrected chi connectivity index (χ4v) is 4.71. The van der Waals surface area contributed by atoms with Crippen molar-refractivity contribution in [3.05, 3.63) is 0 Å². The Morgan fingerprint density at radius 3 is 2.08 bits per heavy atom. The second kappa shape index (κ2) is 8.93. The number of piperidine rings is 1. The average Bonchev–Trinajstić information content (AvgIpc) is 3.24. The molecule has 0 spiro atoms. The summed E-state index contributed by atoms with van der Waals surface area (Å²) in [7, 11) is 2.05. The van der Waals surface area contributed by atoms with E-state index in [1.165, 1.54) is 25.9 Å². The smallest absolute Gasteiger partial charge is 0.229 e. The van der Waals surface area contributed by atoms with Gasteiger partial charge in [-0.25, -0.2) is 0 Å². The normalized spacial score (nSPS) is 35.1. The van der Waals surface area contributed by atoms with Gasteiger partial charge in [0.15, 0.2) is 0 Å². The van der Waals surface area contributed by atoms with Gasteiger partial charge >= 0.3 is 0 Å². The van der Waals surface area contributed by atoms with Crippen molar-refractivity contribution in [1.82, 2.24) is 15.1 Å². The molecular weight excluding hydrogens is 352 g/mol. The summed E-state index contributed by atoms with van der Waals surface area (Å²) in [4.78, 5) is 28.4. The highest BCUT2D eigenvalue weighted by atomic mass is 32.1. The Kier molecular flexibility index (Phi) is 6.85. The molecule has 7 nitrogen and oxygen atoms in total. The van der Waals surface area contributed by atoms with Crippen LogP contribution >= 0.6 is 0 Å². The van der Waals surface area contributed by atoms with Crippen LogP contribution in [0.2, 0.25) is 0 Å². The van der Waals surface area contributed by atoms with Gasteiger partial charge < -0.3 is 43.0 Å². The summed E-state index contributed by atoms with van der Waals surface area (Å²) < 4.78 is 5.75. The van der Waals surface area contributed by atoms with Gasteiger partial charge in [-0.15, -0.1) is 0 Å². The zero-order valence-electron chi connectivity index (χ0n) is 15.7. The van der Waals surface area contributed by atoms with Crippen molar-refractivity contribution in [3.8, 4) is 0 Å². The van der Waals surface area contributed by atoms with E-state index in [0.717, 1.165) is 45.1 Å². The van der Waals surface area contributed by atoms with Crippen molar-refractivity contribution >= 4 is 23.7 Å². The van der Waals surface area contributed by atoms with E-state index in [2.05, 4.69) is 23.0 Å². The largest absolute Gasteiger partial charge is 0.742 e. The molecule has 26 heavy (non-hydrogen) atoms. The van der Waals surface area contributed by atoms with E-state index in [-0.39, 0.29) is 35.1 Å². The molecule has 4 saturated heterocycles. The molecule has 148 valence electrons. The van der Waals surface area contributed by atoms with Crippen molar-refractivity contribution in [2.24, 2.45) is 11.8 Å². The molecule has 1 amide bonds. The minimum Gasteiger partial charge on any atom is -0.742 e. The monoisotopic (exact) mass is 384 g/mol. The van der Waals surface area contributed by atoms with Gasteiger partial charge in [-0.1, -0.05) is 0 Å². The molecular formula is C18H32N4O3S. The highest BCUT2D eigenvalue weighted by Crippen LogP contribution is 2.44. The van der Waals surface area contributed by atoms with Crippen LogP contribution in [0, 0.1) is 11.8 Å². The SMILES string of the molecule is CN1CCN(C(=O)C2C(C(=O)[S-])[C@H]3CC[C@@H]2O3)CC1.[NH3+]C1CCNCC1. The van der Waals surface area contributed by atoms with Crippen LogP contribution in [0.15, 0.2) is 0 Å². The van der Waals surface area contributed by atoms with E-state index in [1.54, 1.807) is 0 Å². The molecule has 0 saturated carbocycles. The summed E-state index contributed by atoms with van der Waals surface area (Å²) in [5.41, 5.74) is 3.96. The Labute approximate surface area is 161 Å². The van der Waals surface area contributed by atoms with E-state index in [0.29, 0.717) is 0 Å². The highest BCUT2D eigenvalue weighted by Gasteiger charge is 2.53. The zero-order chi connectivity index (χ0) is 18.7. The van der Waals surface area contributed by atoms with Crippen LogP contribution in [0.1, 0.15) is 25.7 Å². The van der Waals surface area contributed by atoms with Crippen molar-refractivity contribution < 1.29 is 20.1 Å². The molecule has 0 radical (unpaired) electrons. The lowest BCUT2D eigenvalue weighted by Gasteiger charge is -2.37. The van der Waals surface area contributed by atoms with Gasteiger partial charge in [0.1, 0.15) is 0 Å². The third kappa shape index (κ3) is 4.54. The number of likely N-dealkylation sites (N-methyl/N-ethyl adjacent to an activating group) is 1. The van der Waals surface area contributed by atoms with Crippen LogP contribution in [0.25, 0.3) is 0 Å². The highest BCUT2D eigenvalue weighted by molar-refractivity contribution is 7.77. The molecule has 2 unspecified atom stereocenters. The first kappa shape index (κ1) is 19.9. The summed E-state index contributed by atoms with van der Waals surface area (Å²) in [5.74, 6) is -0.642. The van der Waals surface area contributed by atoms with Crippen LogP contribution in [-0.2, 0) is 27.0 Å². The standard InChI is InChI=1S/C13H20N2O3S.C5H12N2/c1-14-4-6-15(7-5-14)12(16)10-8-2-3-9(18-8)11(10)13(17)19;6-5-1-3-7-4-2-5/h8-11H,2-7H2,1H3,(H,17,19);5,7H,1-4,6H2/t8-,9+,10?,11?;/m0./s1. The van der Waals surface area contributed by atoms with Crippen LogP contribution < -0.4 is 11.1 Å². The van der Waals surface area contributed by atoms with Gasteiger partial charge in [0, 0.05) is 63.1 Å². The number of hydrogen-bond acceptors (Lipinski definition) is 6. The number of hydrogen-bond donors (Lipinski definition) is 2. The average molecular weight is 385 g/mol. The van der Waals surface area contributed by atoms with Crippen molar-refractivity contribution in [2.75, 3.05) is 46.3 Å². The minimum atomic E-state index is -0.388. The molecule has 4 aliphatic rings. The number of quaternary nitrogens is 1. The van der Waals surface area contributed by atoms with Crippen LogP contribution in [-0.4, -0.2) is 85.4 Å². The van der Waals surface area contributed by atoms with Gasteiger partial charge in [0.2, 0.25) is 5.91 Å². The Morgan fingerprint density at radius 1 is 1.00 bits per heavy atom. The van der Waals surface area contributed by atoms with Crippen LogP contribution in [0.3, 0.4) is 0 Å². The predicted molar refractivity (Wildman–Crippen MR) is 100 cm³/mol. The molecule has 0 aromatic rings. The quantitative estimate of drug-likeness (QED) is 0.570. The summed E-state index contributed by atoms with van der Waals surface area (Å²) in [6.07, 6.45) is 4.07. The third-order valence-electron chi connectivity index (χ3n) is 6.10. The van der Waals surface area contributed by atoms with Crippen molar-refractivity contribution in [1.29, 1.82) is 0 Å². The maximum atomic E-state index is 12.6. The number of rotatable bonds is 2. The Morgan fingerprint density at radius 2 is 1.58 bits per heavy atom. The van der Waals surface area contributed by atoms with Gasteiger partial charge in [-0.2, -0.15) is 0 Å². The van der Waals surface area contributed by atoms with Gasteiger partial charge in [-0.05, 0) is 19.9 Å². The first-order chi connectivity index (χ1) is 12.5. The topological polar surface area (TPSA) is 89.5 Å². The number of amides is 1. The van der Waals surface area contributed by atoms with Crippen molar-refractivity contribution in [3.63, 3.8) is 0 Å². The van der Waals surface area contributed by atoms with E-state index < -0.39 is 0 Å². The van der Waals surface area contributed by atoms with Crippen LogP contribution in [0.5, 0.6) is 0 Å². The number of nitrogens with zero attached hydrogens (tertiary/aromatic N) is 2. The van der Waals surface area contributed by atoms with E-state index >= 15 is 0 Å². The molecule has 4 rings (SSSR count). The number of piperazine rings is 1. The fourth-order valence-electron chi connectivity index (χ4n) is 4.41. The first-order valence-electron chi connectivity index (χ1n) is 9.85. The molecule has 4 aliphatic heterocycles. The minimum absolute atomic E-state index is 0.0727. The van der Waals surface area contributed by atoms with Gasteiger partial charge in [0.25, 0.3) is 0 Å². The number of ether oxygens (including phenoxy) is 1. The van der Waals surface area contributed by atoms with Crippen molar-refractivity contribution in [2.45, 2.75) is 43.9 Å². The van der Waals surface area contributed by atoms with E-state index in [9.17, 15) is 9.59 Å². The maximum Gasteiger partial charge on any atom is 0.229 e. The molecule has 8 heteroatoms. The summed E-state index contributed by atoms with van der Waals surface area (Å²) in [6.45, 7) is 5.60. The number of carbonyl (C=O) groups excluding carboxylic acids is 2. The molecule has 4 atom stereocenters.